The van der Waals surface area contributed by atoms with E-state index in [2.05, 4.69) is 60.9 Å². The Kier molecular flexibility index (Phi) is 34.5. The molecule has 0 aromatic carbocycles. The van der Waals surface area contributed by atoms with Crippen LogP contribution in [0.15, 0.2) is 85.1 Å². The molecule has 15 nitrogen and oxygen atoms in total. The number of aliphatic hydroxyl groups excluding tert-OH is 3. The number of aliphatic hydroxyl groups is 3. The lowest BCUT2D eigenvalue weighted by molar-refractivity contribution is -0.199. The van der Waals surface area contributed by atoms with Gasteiger partial charge in [0.25, 0.3) is 0 Å². The van der Waals surface area contributed by atoms with Crippen LogP contribution in [0.1, 0.15) is 136 Å². The van der Waals surface area contributed by atoms with Crippen LogP contribution in [0.5, 0.6) is 0 Å². The van der Waals surface area contributed by atoms with Gasteiger partial charge < -0.3 is 45.3 Å². The Morgan fingerprint density at radius 1 is 0.734 bits per heavy atom. The lowest BCUT2D eigenvalue weighted by atomic mass is 9.87. The zero-order valence-corrected chi connectivity index (χ0v) is 39.0. The smallest absolute Gasteiger partial charge is 0.472 e. The van der Waals surface area contributed by atoms with Gasteiger partial charge in [0.05, 0.1) is 31.5 Å². The van der Waals surface area contributed by atoms with Gasteiger partial charge in [0.15, 0.2) is 12.4 Å². The zero-order chi connectivity index (χ0) is 47.3. The van der Waals surface area contributed by atoms with Gasteiger partial charge in [-0.15, -0.1) is 0 Å². The predicted octanol–water partition coefficient (Wildman–Crippen LogP) is 8.39. The Bertz CT molecular complexity index is 1520. The summed E-state index contributed by atoms with van der Waals surface area (Å²) in [6.07, 6.45) is 37.1. The molecule has 1 aliphatic rings. The van der Waals surface area contributed by atoms with Crippen molar-refractivity contribution in [2.75, 3.05) is 19.8 Å². The number of carboxylic acid groups (broad SMARTS) is 1. The fourth-order valence-electron chi connectivity index (χ4n) is 6.20. The van der Waals surface area contributed by atoms with Crippen LogP contribution in [0.2, 0.25) is 0 Å². The van der Waals surface area contributed by atoms with Gasteiger partial charge in [-0.25, -0.2) is 4.57 Å². The van der Waals surface area contributed by atoms with Crippen molar-refractivity contribution in [3.8, 4) is 0 Å². The molecule has 1 aliphatic heterocycles. The molecule has 0 saturated carbocycles. The third kappa shape index (κ3) is 32.2. The third-order valence-corrected chi connectivity index (χ3v) is 10.9. The van der Waals surface area contributed by atoms with Crippen LogP contribution in [0.3, 0.4) is 0 Å². The molecule has 2 unspecified atom stereocenters. The van der Waals surface area contributed by atoms with E-state index in [9.17, 15) is 39.2 Å². The summed E-state index contributed by atoms with van der Waals surface area (Å²) in [4.78, 5) is 46.2. The Morgan fingerprint density at radius 2 is 1.30 bits per heavy atom. The van der Waals surface area contributed by atoms with Crippen molar-refractivity contribution >= 4 is 25.7 Å². The van der Waals surface area contributed by atoms with Crippen molar-refractivity contribution in [1.29, 1.82) is 0 Å². The number of nitrogens with two attached hydrogens (primary N) is 1. The summed E-state index contributed by atoms with van der Waals surface area (Å²) in [5.74, 6) is -3.07. The maximum atomic E-state index is 12.7. The highest BCUT2D eigenvalue weighted by atomic mass is 31.2. The number of phosphoric acid groups is 1. The summed E-state index contributed by atoms with van der Waals surface area (Å²) in [6, 6.07) is -1.58. The molecule has 1 heterocycles. The molecular formula is C48H78NO14P. The normalized spacial score (nSPS) is 20.9. The Balaban J connectivity index is 2.57. The van der Waals surface area contributed by atoms with Gasteiger partial charge in [-0.3, -0.25) is 23.4 Å². The number of unbranched alkanes of at least 4 members (excludes halogenated alkanes) is 6. The van der Waals surface area contributed by atoms with Crippen molar-refractivity contribution in [2.24, 2.45) is 11.7 Å². The van der Waals surface area contributed by atoms with Crippen molar-refractivity contribution in [3.05, 3.63) is 85.1 Å². The number of phosphoric ester groups is 1. The molecule has 1 rings (SSSR count). The Morgan fingerprint density at radius 3 is 1.92 bits per heavy atom. The highest BCUT2D eigenvalue weighted by molar-refractivity contribution is 7.47. The van der Waals surface area contributed by atoms with E-state index in [0.717, 1.165) is 44.9 Å². The SMILES string of the molecule is CCCCC/C=C\C/C=C\C/C=C\C/C=C\C/C=C\CCC(=O)O[C@H](COC(=O)CCC/C=C\C[C@H]1[C@@H](O)CC(O)O[C@@H]1/C=C/[C@@H](O)CCCCC)COP(=O)(O)OC[C@H](N)C(=O)O. The first-order chi connectivity index (χ1) is 30.8. The molecule has 0 bridgehead atoms. The maximum absolute atomic E-state index is 12.7. The minimum atomic E-state index is -4.81. The lowest BCUT2D eigenvalue weighted by Gasteiger charge is -2.36. The van der Waals surface area contributed by atoms with E-state index >= 15 is 0 Å². The van der Waals surface area contributed by atoms with Crippen LogP contribution in [-0.4, -0.2) is 99.8 Å². The van der Waals surface area contributed by atoms with E-state index in [1.165, 1.54) is 19.3 Å². The Labute approximate surface area is 381 Å². The first kappa shape index (κ1) is 58.5. The summed E-state index contributed by atoms with van der Waals surface area (Å²) >= 11 is 0. The number of esters is 2. The van der Waals surface area contributed by atoms with Crippen LogP contribution >= 0.6 is 7.82 Å². The topological polar surface area (TPSA) is 242 Å². The lowest BCUT2D eigenvalue weighted by Crippen LogP contribution is -2.43. The fourth-order valence-corrected chi connectivity index (χ4v) is 6.98. The van der Waals surface area contributed by atoms with Gasteiger partial charge in [-0.05, 0) is 70.6 Å². The van der Waals surface area contributed by atoms with E-state index in [4.69, 9.17) is 29.6 Å². The molecule has 0 aromatic rings. The number of hydrogen-bond acceptors (Lipinski definition) is 13. The second kappa shape index (κ2) is 37.7. The summed E-state index contributed by atoms with van der Waals surface area (Å²) in [5, 5.41) is 39.9. The molecule has 1 fully saturated rings. The molecule has 364 valence electrons. The molecule has 0 radical (unpaired) electrons. The van der Waals surface area contributed by atoms with Crippen LogP contribution in [0.25, 0.3) is 0 Å². The number of ether oxygens (including phenoxy) is 3. The highest BCUT2D eigenvalue weighted by Gasteiger charge is 2.35. The standard InChI is InChI=1S/C48H78NO14P/c1-3-5-7-8-9-10-11-12-13-14-15-16-17-18-19-20-21-22-28-32-46(53)62-40(37-60-64(57,58)61-38-42(49)48(55)56)36-59-45(52)31-27-24-23-26-30-41-43(51)35-47(54)63-44(41)34-33-39(50)29-25-6-4-2/h9-10,12-13,15-16,18-19,21-23,26,33-34,39-44,47,50-51,54H,3-8,11,14,17,20,24-25,27-32,35-38,49H2,1-2H3,(H,55,56)(H,57,58)/b10-9-,13-12-,16-15-,19-18-,22-21-,26-23-,34-33+/t39-,40+,41-,42-,43-,44+,47?/m0/s1. The summed E-state index contributed by atoms with van der Waals surface area (Å²) in [5.41, 5.74) is 5.33. The summed E-state index contributed by atoms with van der Waals surface area (Å²) < 4.78 is 38.3. The van der Waals surface area contributed by atoms with Gasteiger partial charge in [-0.2, -0.15) is 0 Å². The molecule has 0 spiro atoms. The monoisotopic (exact) mass is 924 g/mol. The number of carbonyl (C=O) groups excluding carboxylic acids is 2. The van der Waals surface area contributed by atoms with Crippen LogP contribution in [-0.2, 0) is 42.2 Å². The summed E-state index contributed by atoms with van der Waals surface area (Å²) in [7, 11) is -4.81. The van der Waals surface area contributed by atoms with Crippen molar-refractivity contribution in [2.45, 2.75) is 173 Å². The molecule has 0 aromatic heterocycles. The van der Waals surface area contributed by atoms with Crippen LogP contribution in [0, 0.1) is 5.92 Å². The molecule has 7 N–H and O–H groups in total. The molecule has 8 atom stereocenters. The number of rotatable bonds is 37. The van der Waals surface area contributed by atoms with Crippen LogP contribution < -0.4 is 5.73 Å². The molecular weight excluding hydrogens is 845 g/mol. The molecule has 16 heteroatoms. The van der Waals surface area contributed by atoms with Crippen molar-refractivity contribution in [1.82, 2.24) is 0 Å². The number of aliphatic carboxylic acids is 1. The average molecular weight is 924 g/mol. The zero-order valence-electron chi connectivity index (χ0n) is 38.1. The summed E-state index contributed by atoms with van der Waals surface area (Å²) in [6.45, 7) is 2.30. The number of carboxylic acids is 1. The van der Waals surface area contributed by atoms with E-state index in [1.54, 1.807) is 12.2 Å². The molecule has 1 saturated heterocycles. The molecule has 0 amide bonds. The van der Waals surface area contributed by atoms with Gasteiger partial charge >= 0.3 is 25.7 Å². The number of hydrogen-bond donors (Lipinski definition) is 6. The first-order valence-corrected chi connectivity index (χ1v) is 24.5. The second-order valence-corrected chi connectivity index (χ2v) is 17.2. The number of allylic oxidation sites excluding steroid dienone is 12. The van der Waals surface area contributed by atoms with E-state index < -0.39 is 82.3 Å². The predicted molar refractivity (Wildman–Crippen MR) is 248 cm³/mol. The quantitative estimate of drug-likeness (QED) is 0.0148. The van der Waals surface area contributed by atoms with E-state index in [-0.39, 0.29) is 25.2 Å². The van der Waals surface area contributed by atoms with Gasteiger partial charge in [-0.1, -0.05) is 131 Å². The maximum Gasteiger partial charge on any atom is 0.472 e. The minimum absolute atomic E-state index is 0.00736. The first-order valence-electron chi connectivity index (χ1n) is 23.0. The van der Waals surface area contributed by atoms with Crippen molar-refractivity contribution in [3.63, 3.8) is 0 Å². The van der Waals surface area contributed by atoms with E-state index in [0.29, 0.717) is 38.5 Å². The molecule has 0 aliphatic carbocycles. The Hall–Kier alpha value is -3.50. The minimum Gasteiger partial charge on any atom is -0.480 e. The molecule has 64 heavy (non-hydrogen) atoms. The van der Waals surface area contributed by atoms with Crippen molar-refractivity contribution < 1.29 is 67.5 Å². The largest absolute Gasteiger partial charge is 0.480 e. The van der Waals surface area contributed by atoms with Gasteiger partial charge in [0.1, 0.15) is 12.6 Å². The van der Waals surface area contributed by atoms with Crippen LogP contribution in [0.4, 0.5) is 0 Å². The third-order valence-electron chi connectivity index (χ3n) is 9.92. The highest BCUT2D eigenvalue weighted by Crippen LogP contribution is 2.43. The average Bonchev–Trinajstić information content (AvgIpc) is 3.25. The van der Waals surface area contributed by atoms with Gasteiger partial charge in [0, 0.05) is 25.2 Å². The fraction of sp³-hybridized carbons (Fsp3) is 0.646. The van der Waals surface area contributed by atoms with Gasteiger partial charge in [0.2, 0.25) is 0 Å². The second-order valence-electron chi connectivity index (χ2n) is 15.7. The van der Waals surface area contributed by atoms with E-state index in [1.807, 2.05) is 30.4 Å². The number of carbonyl (C=O) groups is 3.